The molecule has 0 fully saturated rings. The fourth-order valence-electron chi connectivity index (χ4n) is 3.75. The first-order valence-corrected chi connectivity index (χ1v) is 13.9. The highest BCUT2D eigenvalue weighted by atomic mass is 35.5. The predicted octanol–water partition coefficient (Wildman–Crippen LogP) is 6.78. The summed E-state index contributed by atoms with van der Waals surface area (Å²) >= 11 is 7.19. The summed E-state index contributed by atoms with van der Waals surface area (Å²) in [5, 5.41) is 19.8. The number of anilines is 2. The number of hydrogen-bond donors (Lipinski definition) is 3. The van der Waals surface area contributed by atoms with E-state index in [-0.39, 0.29) is 22.9 Å². The zero-order valence-corrected chi connectivity index (χ0v) is 23.8. The Bertz CT molecular complexity index is 1640. The number of nitro benzene ring substituents is 1. The van der Waals surface area contributed by atoms with Gasteiger partial charge in [-0.15, -0.1) is 11.8 Å². The summed E-state index contributed by atoms with van der Waals surface area (Å²) in [6.45, 7) is 1.76. The lowest BCUT2D eigenvalue weighted by Gasteiger charge is -2.14. The fraction of sp³-hybridized carbons (Fsp3) is 0.0645. The number of carbonyl (C=O) groups excluding carboxylic acids is 3. The molecule has 0 spiro atoms. The highest BCUT2D eigenvalue weighted by Gasteiger charge is 2.19. The third-order valence-electron chi connectivity index (χ3n) is 5.85. The van der Waals surface area contributed by atoms with E-state index in [9.17, 15) is 24.5 Å². The van der Waals surface area contributed by atoms with Crippen molar-refractivity contribution in [2.75, 3.05) is 10.6 Å². The lowest BCUT2D eigenvalue weighted by Crippen LogP contribution is -2.30. The maximum absolute atomic E-state index is 13.4. The molecule has 0 aliphatic rings. The van der Waals surface area contributed by atoms with Gasteiger partial charge >= 0.3 is 0 Å². The second-order valence-corrected chi connectivity index (χ2v) is 10.8. The van der Waals surface area contributed by atoms with Gasteiger partial charge in [0.1, 0.15) is 5.70 Å². The van der Waals surface area contributed by atoms with Crippen LogP contribution in [0.25, 0.3) is 6.08 Å². The maximum Gasteiger partial charge on any atom is 0.276 e. The quantitative estimate of drug-likeness (QED) is 0.0796. The highest BCUT2D eigenvalue weighted by molar-refractivity contribution is 8.00. The third-order valence-corrected chi connectivity index (χ3v) is 7.19. The second-order valence-electron chi connectivity index (χ2n) is 8.93. The van der Waals surface area contributed by atoms with Crippen molar-refractivity contribution in [2.24, 2.45) is 0 Å². The van der Waals surface area contributed by atoms with Gasteiger partial charge in [-0.25, -0.2) is 0 Å². The number of nitro groups is 1. The number of para-hydroxylation sites is 1. The maximum atomic E-state index is 13.4. The van der Waals surface area contributed by atoms with Crippen LogP contribution in [0, 0.1) is 10.1 Å². The first-order chi connectivity index (χ1) is 20.2. The van der Waals surface area contributed by atoms with Crippen molar-refractivity contribution < 1.29 is 19.3 Å². The van der Waals surface area contributed by atoms with Crippen molar-refractivity contribution in [3.05, 3.63) is 135 Å². The molecule has 0 bridgehead atoms. The minimum Gasteiger partial charge on any atom is -0.325 e. The van der Waals surface area contributed by atoms with Crippen LogP contribution in [0.4, 0.5) is 17.1 Å². The van der Waals surface area contributed by atoms with Gasteiger partial charge in [0.25, 0.3) is 17.5 Å². The summed E-state index contributed by atoms with van der Waals surface area (Å²) in [6, 6.07) is 27.8. The first-order valence-electron chi connectivity index (χ1n) is 12.7. The van der Waals surface area contributed by atoms with Gasteiger partial charge in [0.15, 0.2) is 0 Å². The number of thioether (sulfide) groups is 1. The Kier molecular flexibility index (Phi) is 10.1. The van der Waals surface area contributed by atoms with Gasteiger partial charge in [-0.1, -0.05) is 48.0 Å². The van der Waals surface area contributed by atoms with E-state index in [0.717, 1.165) is 0 Å². The molecule has 1 unspecified atom stereocenters. The van der Waals surface area contributed by atoms with Crippen LogP contribution in [0.15, 0.2) is 114 Å². The second kappa shape index (κ2) is 14.1. The van der Waals surface area contributed by atoms with Crippen molar-refractivity contribution in [2.45, 2.75) is 17.1 Å². The van der Waals surface area contributed by atoms with E-state index >= 15 is 0 Å². The van der Waals surface area contributed by atoms with Gasteiger partial charge in [0.05, 0.1) is 15.7 Å². The minimum atomic E-state index is -0.687. The number of carbonyl (C=O) groups is 3. The Hall–Kier alpha value is -4.93. The number of nitrogens with zero attached hydrogens (tertiary/aromatic N) is 1. The Morgan fingerprint density at radius 3 is 2.26 bits per heavy atom. The number of halogens is 1. The van der Waals surface area contributed by atoms with Crippen LogP contribution < -0.4 is 16.0 Å². The molecule has 212 valence electrons. The van der Waals surface area contributed by atoms with Gasteiger partial charge in [-0.05, 0) is 73.7 Å². The predicted molar refractivity (Wildman–Crippen MR) is 165 cm³/mol. The molecule has 3 amide bonds. The zero-order valence-electron chi connectivity index (χ0n) is 22.2. The third kappa shape index (κ3) is 8.29. The van der Waals surface area contributed by atoms with E-state index in [2.05, 4.69) is 16.0 Å². The average Bonchev–Trinajstić information content (AvgIpc) is 2.98. The van der Waals surface area contributed by atoms with Crippen molar-refractivity contribution in [1.82, 2.24) is 5.32 Å². The van der Waals surface area contributed by atoms with E-state index in [0.29, 0.717) is 26.9 Å². The van der Waals surface area contributed by atoms with Crippen molar-refractivity contribution in [3.63, 3.8) is 0 Å². The molecule has 42 heavy (non-hydrogen) atoms. The smallest absolute Gasteiger partial charge is 0.276 e. The van der Waals surface area contributed by atoms with Crippen molar-refractivity contribution in [3.8, 4) is 0 Å². The first kappa shape index (κ1) is 30.0. The monoisotopic (exact) mass is 600 g/mol. The summed E-state index contributed by atoms with van der Waals surface area (Å²) in [4.78, 5) is 50.7. The van der Waals surface area contributed by atoms with Gasteiger partial charge in [0.2, 0.25) is 5.91 Å². The van der Waals surface area contributed by atoms with E-state index in [4.69, 9.17) is 11.6 Å². The van der Waals surface area contributed by atoms with Crippen LogP contribution in [0.3, 0.4) is 0 Å². The van der Waals surface area contributed by atoms with Crippen LogP contribution >= 0.6 is 23.4 Å². The van der Waals surface area contributed by atoms with Gasteiger partial charge < -0.3 is 16.0 Å². The zero-order chi connectivity index (χ0) is 30.1. The van der Waals surface area contributed by atoms with Crippen LogP contribution in [-0.2, 0) is 9.59 Å². The Labute approximate surface area is 251 Å². The van der Waals surface area contributed by atoms with Crippen LogP contribution in [0.2, 0.25) is 5.02 Å². The normalized spacial score (nSPS) is 11.7. The van der Waals surface area contributed by atoms with E-state index in [1.807, 2.05) is 0 Å². The van der Waals surface area contributed by atoms with E-state index in [1.54, 1.807) is 91.9 Å². The van der Waals surface area contributed by atoms with E-state index in [1.165, 1.54) is 36.0 Å². The molecular weight excluding hydrogens is 576 g/mol. The molecule has 9 nitrogen and oxygen atoms in total. The molecule has 0 aliphatic carbocycles. The summed E-state index contributed by atoms with van der Waals surface area (Å²) in [6.07, 6.45) is 1.26. The largest absolute Gasteiger partial charge is 0.325 e. The SMILES string of the molecule is CC(Sc1cccc(NC(=O)/C(=C\c2ccccc2[N+](=O)[O-])NC(=O)c2ccccc2)c1)C(=O)Nc1ccc(Cl)cc1. The molecule has 4 aromatic carbocycles. The molecule has 0 aliphatic heterocycles. The summed E-state index contributed by atoms with van der Waals surface area (Å²) in [5.41, 5.74) is 1.06. The Morgan fingerprint density at radius 1 is 0.857 bits per heavy atom. The lowest BCUT2D eigenvalue weighted by atomic mass is 10.1. The lowest BCUT2D eigenvalue weighted by molar-refractivity contribution is -0.385. The van der Waals surface area contributed by atoms with Gasteiger partial charge in [-0.3, -0.25) is 24.5 Å². The highest BCUT2D eigenvalue weighted by Crippen LogP contribution is 2.27. The summed E-state index contributed by atoms with van der Waals surface area (Å²) < 4.78 is 0. The topological polar surface area (TPSA) is 130 Å². The molecule has 4 aromatic rings. The summed E-state index contributed by atoms with van der Waals surface area (Å²) in [5.74, 6) is -1.46. The molecule has 0 saturated heterocycles. The van der Waals surface area contributed by atoms with Crippen LogP contribution in [0.5, 0.6) is 0 Å². The molecule has 0 radical (unpaired) electrons. The number of hydrogen-bond acceptors (Lipinski definition) is 6. The van der Waals surface area contributed by atoms with Gasteiger partial charge in [-0.2, -0.15) is 0 Å². The molecule has 11 heteroatoms. The molecule has 0 aromatic heterocycles. The number of rotatable bonds is 10. The Balaban J connectivity index is 1.52. The standard InChI is InChI=1S/C31H25ClN4O5S/c1-20(29(37)33-24-16-14-23(32)15-17-24)42-26-12-7-11-25(19-26)34-31(39)27(35-30(38)21-8-3-2-4-9-21)18-22-10-5-6-13-28(22)36(40)41/h2-20H,1H3,(H,33,37)(H,34,39)(H,35,38)/b27-18+. The average molecular weight is 601 g/mol. The fourth-order valence-corrected chi connectivity index (χ4v) is 4.81. The number of benzene rings is 4. The molecule has 3 N–H and O–H groups in total. The minimum absolute atomic E-state index is 0.144. The number of nitrogens with one attached hydrogen (secondary N) is 3. The molecule has 4 rings (SSSR count). The summed E-state index contributed by atoms with van der Waals surface area (Å²) in [7, 11) is 0. The van der Waals surface area contributed by atoms with E-state index < -0.39 is 22.0 Å². The van der Waals surface area contributed by atoms with Crippen LogP contribution in [-0.4, -0.2) is 27.9 Å². The van der Waals surface area contributed by atoms with Crippen molar-refractivity contribution in [1.29, 1.82) is 0 Å². The molecular formula is C31H25ClN4O5S. The van der Waals surface area contributed by atoms with Crippen LogP contribution in [0.1, 0.15) is 22.8 Å². The van der Waals surface area contributed by atoms with Gasteiger partial charge in [0, 0.05) is 32.9 Å². The van der Waals surface area contributed by atoms with Crippen molar-refractivity contribution >= 4 is 64.2 Å². The number of amides is 3. The molecule has 0 heterocycles. The Morgan fingerprint density at radius 2 is 1.55 bits per heavy atom. The molecule has 1 atom stereocenters. The molecule has 0 saturated carbocycles.